The Hall–Kier alpha value is -4.07. The van der Waals surface area contributed by atoms with Crippen LogP contribution in [0.25, 0.3) is 16.6 Å². The SMILES string of the molecule is COc1cccc(CNC(=O)c2cc3ccccc3n(-c3cccc(C(F)(F)F)c3)c2=O)c1. The zero-order valence-corrected chi connectivity index (χ0v) is 17.5. The maximum absolute atomic E-state index is 13.3. The predicted octanol–water partition coefficient (Wildman–Crippen LogP) is 4.95. The first-order valence-electron chi connectivity index (χ1n) is 10.0. The largest absolute Gasteiger partial charge is 0.497 e. The fourth-order valence-electron chi connectivity index (χ4n) is 3.56. The first-order valence-corrected chi connectivity index (χ1v) is 10.0. The molecule has 0 saturated heterocycles. The van der Waals surface area contributed by atoms with E-state index in [1.54, 1.807) is 48.5 Å². The van der Waals surface area contributed by atoms with Crippen molar-refractivity contribution in [2.45, 2.75) is 12.7 Å². The highest BCUT2D eigenvalue weighted by molar-refractivity contribution is 5.97. The summed E-state index contributed by atoms with van der Waals surface area (Å²) in [5.74, 6) is -0.00587. The topological polar surface area (TPSA) is 60.3 Å². The third-order valence-corrected chi connectivity index (χ3v) is 5.17. The maximum atomic E-state index is 13.3. The van der Waals surface area contributed by atoms with Gasteiger partial charge in [-0.05, 0) is 53.4 Å². The molecular weight excluding hydrogens is 433 g/mol. The molecule has 4 aromatic rings. The van der Waals surface area contributed by atoms with Gasteiger partial charge in [0.25, 0.3) is 11.5 Å². The van der Waals surface area contributed by atoms with Crippen LogP contribution in [0.4, 0.5) is 13.2 Å². The fraction of sp³-hybridized carbons (Fsp3) is 0.120. The molecule has 8 heteroatoms. The lowest BCUT2D eigenvalue weighted by Crippen LogP contribution is -2.32. The second kappa shape index (κ2) is 8.82. The molecule has 0 spiro atoms. The summed E-state index contributed by atoms with van der Waals surface area (Å²) < 4.78 is 46.1. The van der Waals surface area contributed by atoms with Crippen LogP contribution in [0.15, 0.2) is 83.7 Å². The highest BCUT2D eigenvalue weighted by Crippen LogP contribution is 2.30. The molecule has 1 N–H and O–H groups in total. The molecule has 0 atom stereocenters. The third kappa shape index (κ3) is 4.59. The van der Waals surface area contributed by atoms with Gasteiger partial charge in [-0.15, -0.1) is 0 Å². The van der Waals surface area contributed by atoms with Crippen LogP contribution < -0.4 is 15.6 Å². The zero-order valence-electron chi connectivity index (χ0n) is 17.5. The van der Waals surface area contributed by atoms with E-state index in [-0.39, 0.29) is 17.8 Å². The van der Waals surface area contributed by atoms with Gasteiger partial charge >= 0.3 is 6.18 Å². The van der Waals surface area contributed by atoms with Crippen LogP contribution in [0.1, 0.15) is 21.5 Å². The molecule has 168 valence electrons. The second-order valence-electron chi connectivity index (χ2n) is 7.34. The maximum Gasteiger partial charge on any atom is 0.416 e. The van der Waals surface area contributed by atoms with Crippen LogP contribution in [-0.2, 0) is 12.7 Å². The van der Waals surface area contributed by atoms with Gasteiger partial charge in [0.15, 0.2) is 0 Å². The summed E-state index contributed by atoms with van der Waals surface area (Å²) in [7, 11) is 1.53. The number of carbonyl (C=O) groups is 1. The van der Waals surface area contributed by atoms with Crippen molar-refractivity contribution >= 4 is 16.8 Å². The van der Waals surface area contributed by atoms with E-state index >= 15 is 0 Å². The molecule has 3 aromatic carbocycles. The van der Waals surface area contributed by atoms with Crippen LogP contribution in [0.5, 0.6) is 5.75 Å². The Balaban J connectivity index is 1.77. The van der Waals surface area contributed by atoms with E-state index in [9.17, 15) is 22.8 Å². The monoisotopic (exact) mass is 452 g/mol. The van der Waals surface area contributed by atoms with Crippen molar-refractivity contribution in [2.75, 3.05) is 7.11 Å². The van der Waals surface area contributed by atoms with Crippen LogP contribution in [0.3, 0.4) is 0 Å². The molecule has 0 bridgehead atoms. The molecule has 0 aliphatic rings. The first kappa shape index (κ1) is 22.1. The molecule has 0 unspecified atom stereocenters. The predicted molar refractivity (Wildman–Crippen MR) is 119 cm³/mol. The standard InChI is InChI=1S/C25H19F3N2O3/c1-33-20-10-4-6-16(12-20)15-29-23(31)21-13-17-7-2-3-11-22(17)30(24(21)32)19-9-5-8-18(14-19)25(26,27)28/h2-14H,15H2,1H3,(H,29,31). The van der Waals surface area contributed by atoms with E-state index in [1.165, 1.54) is 25.3 Å². The van der Waals surface area contributed by atoms with E-state index in [4.69, 9.17) is 4.74 Å². The van der Waals surface area contributed by atoms with E-state index < -0.39 is 23.2 Å². The van der Waals surface area contributed by atoms with Gasteiger partial charge in [-0.2, -0.15) is 13.2 Å². The number of carbonyl (C=O) groups excluding carboxylic acids is 1. The van der Waals surface area contributed by atoms with Gasteiger partial charge in [-0.1, -0.05) is 36.4 Å². The molecular formula is C25H19F3N2O3. The molecule has 0 fully saturated rings. The van der Waals surface area contributed by atoms with Crippen molar-refractivity contribution in [3.8, 4) is 11.4 Å². The molecule has 0 aliphatic carbocycles. The summed E-state index contributed by atoms with van der Waals surface area (Å²) >= 11 is 0. The molecule has 5 nitrogen and oxygen atoms in total. The van der Waals surface area contributed by atoms with E-state index in [0.717, 1.165) is 22.3 Å². The summed E-state index contributed by atoms with van der Waals surface area (Å²) in [5, 5.41) is 3.24. The average Bonchev–Trinajstić information content (AvgIpc) is 2.82. The smallest absolute Gasteiger partial charge is 0.416 e. The summed E-state index contributed by atoms with van der Waals surface area (Å²) in [6, 6.07) is 19.7. The normalized spacial score (nSPS) is 11.4. The van der Waals surface area contributed by atoms with Gasteiger partial charge < -0.3 is 10.1 Å². The number of alkyl halides is 3. The molecule has 1 amide bonds. The number of para-hydroxylation sites is 1. The second-order valence-corrected chi connectivity index (χ2v) is 7.34. The Morgan fingerprint density at radius 2 is 1.73 bits per heavy atom. The number of methoxy groups -OCH3 is 1. The number of nitrogens with one attached hydrogen (secondary N) is 1. The molecule has 0 radical (unpaired) electrons. The van der Waals surface area contributed by atoms with Crippen molar-refractivity contribution in [3.05, 3.63) is 106 Å². The van der Waals surface area contributed by atoms with Crippen molar-refractivity contribution in [2.24, 2.45) is 0 Å². The lowest BCUT2D eigenvalue weighted by atomic mass is 10.1. The minimum atomic E-state index is -4.57. The first-order chi connectivity index (χ1) is 15.8. The van der Waals surface area contributed by atoms with Crippen LogP contribution in [-0.4, -0.2) is 17.6 Å². The Labute approximate surface area is 187 Å². The summed E-state index contributed by atoms with van der Waals surface area (Å²) in [4.78, 5) is 26.2. The van der Waals surface area contributed by atoms with Crippen molar-refractivity contribution in [1.82, 2.24) is 9.88 Å². The number of pyridine rings is 1. The number of amides is 1. The fourth-order valence-corrected chi connectivity index (χ4v) is 3.56. The van der Waals surface area contributed by atoms with Gasteiger partial charge in [0.2, 0.25) is 0 Å². The van der Waals surface area contributed by atoms with Crippen LogP contribution >= 0.6 is 0 Å². The lowest BCUT2D eigenvalue weighted by Gasteiger charge is -2.15. The van der Waals surface area contributed by atoms with Crippen molar-refractivity contribution in [1.29, 1.82) is 0 Å². The van der Waals surface area contributed by atoms with Gasteiger partial charge in [0, 0.05) is 12.2 Å². The number of aromatic nitrogens is 1. The van der Waals surface area contributed by atoms with Crippen LogP contribution in [0.2, 0.25) is 0 Å². The number of nitrogens with zero attached hydrogens (tertiary/aromatic N) is 1. The van der Waals surface area contributed by atoms with Crippen molar-refractivity contribution < 1.29 is 22.7 Å². The number of hydrogen-bond donors (Lipinski definition) is 1. The van der Waals surface area contributed by atoms with Crippen molar-refractivity contribution in [3.63, 3.8) is 0 Å². The highest BCUT2D eigenvalue weighted by Gasteiger charge is 2.30. The third-order valence-electron chi connectivity index (χ3n) is 5.17. The van der Waals surface area contributed by atoms with Gasteiger partial charge in [0.1, 0.15) is 11.3 Å². The number of rotatable bonds is 5. The number of fused-ring (bicyclic) bond motifs is 1. The lowest BCUT2D eigenvalue weighted by molar-refractivity contribution is -0.137. The summed E-state index contributed by atoms with van der Waals surface area (Å²) in [5.41, 5.74) is -0.588. The van der Waals surface area contributed by atoms with Gasteiger partial charge in [-0.3, -0.25) is 14.2 Å². The number of hydrogen-bond acceptors (Lipinski definition) is 3. The summed E-state index contributed by atoms with van der Waals surface area (Å²) in [6.45, 7) is 0.145. The minimum absolute atomic E-state index is 0.0217. The Kier molecular flexibility index (Phi) is 5.91. The van der Waals surface area contributed by atoms with E-state index in [1.807, 2.05) is 0 Å². The summed E-state index contributed by atoms with van der Waals surface area (Å²) in [6.07, 6.45) is -4.57. The Morgan fingerprint density at radius 3 is 2.48 bits per heavy atom. The highest BCUT2D eigenvalue weighted by atomic mass is 19.4. The minimum Gasteiger partial charge on any atom is -0.497 e. The van der Waals surface area contributed by atoms with Gasteiger partial charge in [-0.25, -0.2) is 0 Å². The zero-order chi connectivity index (χ0) is 23.6. The molecule has 0 saturated carbocycles. The quantitative estimate of drug-likeness (QED) is 0.466. The molecule has 33 heavy (non-hydrogen) atoms. The Bertz CT molecular complexity index is 1390. The molecule has 0 aliphatic heterocycles. The van der Waals surface area contributed by atoms with E-state index in [0.29, 0.717) is 16.7 Å². The van der Waals surface area contributed by atoms with Gasteiger partial charge in [0.05, 0.1) is 18.2 Å². The Morgan fingerprint density at radius 1 is 0.970 bits per heavy atom. The number of ether oxygens (including phenoxy) is 1. The number of benzene rings is 3. The van der Waals surface area contributed by atoms with E-state index in [2.05, 4.69) is 5.32 Å². The molecule has 1 aromatic heterocycles. The van der Waals surface area contributed by atoms with Crippen LogP contribution in [0, 0.1) is 0 Å². The number of halogens is 3. The molecule has 4 rings (SSSR count). The molecule has 1 heterocycles. The average molecular weight is 452 g/mol.